The topological polar surface area (TPSA) is 109 Å². The van der Waals surface area contributed by atoms with E-state index in [2.05, 4.69) is 10.4 Å². The SMILES string of the molecule is Cn1ncc([N+](=O)[O-])c1C1CCC(NC(=O)OC(C)(C)C)C(F)(F)CO1. The van der Waals surface area contributed by atoms with E-state index in [4.69, 9.17) is 9.47 Å². The van der Waals surface area contributed by atoms with E-state index in [1.807, 2.05) is 0 Å². The standard InChI is InChI=1S/C15H22F2N4O5/c1-14(2,3)26-13(22)19-11-6-5-10(25-8-15(11,16)17)12-9(21(23)24)7-18-20(12)4/h7,10-11H,5-6,8H2,1-4H3,(H,19,22). The summed E-state index contributed by atoms with van der Waals surface area (Å²) in [4.78, 5) is 22.3. The highest BCUT2D eigenvalue weighted by atomic mass is 19.3. The molecule has 2 unspecified atom stereocenters. The van der Waals surface area contributed by atoms with Crippen LogP contribution in [0.4, 0.5) is 19.3 Å². The van der Waals surface area contributed by atoms with Gasteiger partial charge in [-0.2, -0.15) is 5.10 Å². The van der Waals surface area contributed by atoms with Crippen LogP contribution in [0.15, 0.2) is 6.20 Å². The highest BCUT2D eigenvalue weighted by Gasteiger charge is 2.45. The van der Waals surface area contributed by atoms with Crippen LogP contribution in [0.25, 0.3) is 0 Å². The molecule has 1 saturated heterocycles. The molecule has 1 aliphatic heterocycles. The molecule has 0 aromatic carbocycles. The Balaban J connectivity index is 2.15. The quantitative estimate of drug-likeness (QED) is 0.642. The van der Waals surface area contributed by atoms with Crippen molar-refractivity contribution in [3.8, 4) is 0 Å². The number of aromatic nitrogens is 2. The number of alkyl carbamates (subject to hydrolysis) is 1. The fourth-order valence-electron chi connectivity index (χ4n) is 2.72. The zero-order chi connectivity index (χ0) is 19.7. The lowest BCUT2D eigenvalue weighted by Gasteiger charge is -2.27. The number of nitrogens with zero attached hydrogens (tertiary/aromatic N) is 3. The summed E-state index contributed by atoms with van der Waals surface area (Å²) < 4.78 is 40.2. The van der Waals surface area contributed by atoms with Crippen LogP contribution in [0, 0.1) is 10.1 Å². The maximum Gasteiger partial charge on any atom is 0.408 e. The Morgan fingerprint density at radius 1 is 1.50 bits per heavy atom. The van der Waals surface area contributed by atoms with Crippen LogP contribution < -0.4 is 5.32 Å². The molecule has 0 saturated carbocycles. The Morgan fingerprint density at radius 2 is 2.15 bits per heavy atom. The summed E-state index contributed by atoms with van der Waals surface area (Å²) in [5, 5.41) is 17.1. The van der Waals surface area contributed by atoms with Gasteiger partial charge >= 0.3 is 11.8 Å². The molecule has 1 aliphatic rings. The third-order valence-electron chi connectivity index (χ3n) is 3.86. The lowest BCUT2D eigenvalue weighted by molar-refractivity contribution is -0.386. The number of alkyl halides is 2. The summed E-state index contributed by atoms with van der Waals surface area (Å²) in [7, 11) is 1.48. The van der Waals surface area contributed by atoms with Crippen LogP contribution in [-0.4, -0.2) is 45.0 Å². The van der Waals surface area contributed by atoms with Crippen molar-refractivity contribution in [2.45, 2.75) is 57.3 Å². The summed E-state index contributed by atoms with van der Waals surface area (Å²) in [6.07, 6.45) is -0.917. The molecule has 9 nitrogen and oxygen atoms in total. The number of rotatable bonds is 3. The van der Waals surface area contributed by atoms with Gasteiger partial charge in [0, 0.05) is 7.05 Å². The first-order chi connectivity index (χ1) is 11.9. The minimum Gasteiger partial charge on any atom is -0.444 e. The number of ether oxygens (including phenoxy) is 2. The summed E-state index contributed by atoms with van der Waals surface area (Å²) in [5.74, 6) is -3.35. The number of nitrogens with one attached hydrogen (secondary N) is 1. The lowest BCUT2D eigenvalue weighted by Crippen LogP contribution is -2.50. The normalized spacial score (nSPS) is 23.2. The van der Waals surface area contributed by atoms with Crippen molar-refractivity contribution in [3.63, 3.8) is 0 Å². The molecule has 146 valence electrons. The minimum absolute atomic E-state index is 0.0520. The maximum atomic E-state index is 14.3. The number of aryl methyl sites for hydroxylation is 1. The van der Waals surface area contributed by atoms with Gasteiger partial charge < -0.3 is 14.8 Å². The molecule has 1 aromatic rings. The molecule has 0 aliphatic carbocycles. The Kier molecular flexibility index (Phi) is 5.49. The van der Waals surface area contributed by atoms with Crippen LogP contribution in [0.3, 0.4) is 0 Å². The van der Waals surface area contributed by atoms with Crippen LogP contribution >= 0.6 is 0 Å². The third kappa shape index (κ3) is 4.65. The Bertz CT molecular complexity index is 686. The minimum atomic E-state index is -3.35. The average Bonchev–Trinajstić information content (AvgIpc) is 2.79. The Hall–Kier alpha value is -2.30. The van der Waals surface area contributed by atoms with Gasteiger partial charge in [0.1, 0.15) is 30.2 Å². The third-order valence-corrected chi connectivity index (χ3v) is 3.86. The van der Waals surface area contributed by atoms with Gasteiger partial charge in [-0.25, -0.2) is 13.6 Å². The lowest BCUT2D eigenvalue weighted by atomic mass is 10.0. The number of hydrogen-bond acceptors (Lipinski definition) is 6. The van der Waals surface area contributed by atoms with E-state index in [1.54, 1.807) is 20.8 Å². The van der Waals surface area contributed by atoms with Crippen molar-refractivity contribution in [1.82, 2.24) is 15.1 Å². The van der Waals surface area contributed by atoms with Crippen molar-refractivity contribution in [3.05, 3.63) is 22.0 Å². The van der Waals surface area contributed by atoms with Crippen molar-refractivity contribution >= 4 is 11.8 Å². The van der Waals surface area contributed by atoms with Crippen molar-refractivity contribution < 1.29 is 28.0 Å². The summed E-state index contributed by atoms with van der Waals surface area (Å²) in [6, 6.07) is -1.50. The molecule has 1 aromatic heterocycles. The van der Waals surface area contributed by atoms with Crippen LogP contribution in [0.1, 0.15) is 45.4 Å². The number of halogens is 2. The van der Waals surface area contributed by atoms with Gasteiger partial charge in [-0.1, -0.05) is 0 Å². The number of carbonyl (C=O) groups is 1. The summed E-state index contributed by atoms with van der Waals surface area (Å²) in [6.45, 7) is 3.88. The average molecular weight is 376 g/mol. The monoisotopic (exact) mass is 376 g/mol. The second-order valence-electron chi connectivity index (χ2n) is 7.13. The van der Waals surface area contributed by atoms with E-state index in [1.165, 1.54) is 11.7 Å². The number of amides is 1. The first kappa shape index (κ1) is 20.0. The summed E-state index contributed by atoms with van der Waals surface area (Å²) >= 11 is 0. The molecule has 2 rings (SSSR count). The summed E-state index contributed by atoms with van der Waals surface area (Å²) in [5.41, 5.74) is -0.999. The molecule has 11 heteroatoms. The molecule has 1 amide bonds. The molecule has 1 fully saturated rings. The predicted molar refractivity (Wildman–Crippen MR) is 85.9 cm³/mol. The van der Waals surface area contributed by atoms with Crippen molar-refractivity contribution in [1.29, 1.82) is 0 Å². The van der Waals surface area contributed by atoms with Gasteiger partial charge in [0.2, 0.25) is 0 Å². The highest BCUT2D eigenvalue weighted by Crippen LogP contribution is 2.37. The smallest absolute Gasteiger partial charge is 0.408 e. The van der Waals surface area contributed by atoms with Crippen molar-refractivity contribution in [2.24, 2.45) is 7.05 Å². The number of carbonyl (C=O) groups excluding carboxylic acids is 1. The molecule has 0 bridgehead atoms. The van der Waals surface area contributed by atoms with Crippen molar-refractivity contribution in [2.75, 3.05) is 6.61 Å². The van der Waals surface area contributed by atoms with E-state index in [0.717, 1.165) is 6.20 Å². The second-order valence-corrected chi connectivity index (χ2v) is 7.13. The molecule has 1 N–H and O–H groups in total. The molecule has 26 heavy (non-hydrogen) atoms. The van der Waals surface area contributed by atoms with Crippen LogP contribution in [0.5, 0.6) is 0 Å². The van der Waals surface area contributed by atoms with E-state index in [0.29, 0.717) is 0 Å². The van der Waals surface area contributed by atoms with Gasteiger partial charge in [0.05, 0.1) is 11.0 Å². The van der Waals surface area contributed by atoms with Gasteiger partial charge in [-0.05, 0) is 33.6 Å². The molecule has 0 radical (unpaired) electrons. The fraction of sp³-hybridized carbons (Fsp3) is 0.733. The van der Waals surface area contributed by atoms with E-state index in [-0.39, 0.29) is 24.2 Å². The van der Waals surface area contributed by atoms with Gasteiger partial charge in [0.25, 0.3) is 5.92 Å². The van der Waals surface area contributed by atoms with E-state index >= 15 is 0 Å². The zero-order valence-electron chi connectivity index (χ0n) is 15.0. The van der Waals surface area contributed by atoms with Gasteiger partial charge in [0.15, 0.2) is 0 Å². The zero-order valence-corrected chi connectivity index (χ0v) is 15.0. The van der Waals surface area contributed by atoms with E-state index < -0.39 is 41.3 Å². The van der Waals surface area contributed by atoms with Gasteiger partial charge in [-0.3, -0.25) is 14.8 Å². The van der Waals surface area contributed by atoms with E-state index in [9.17, 15) is 23.7 Å². The first-order valence-electron chi connectivity index (χ1n) is 8.06. The molecular formula is C15H22F2N4O5. The largest absolute Gasteiger partial charge is 0.444 e. The molecule has 0 spiro atoms. The Labute approximate surface area is 148 Å². The molecular weight excluding hydrogens is 354 g/mol. The predicted octanol–water partition coefficient (Wildman–Crippen LogP) is 2.71. The number of nitro groups is 1. The van der Waals surface area contributed by atoms with Crippen LogP contribution in [-0.2, 0) is 16.5 Å². The van der Waals surface area contributed by atoms with Crippen LogP contribution in [0.2, 0.25) is 0 Å². The molecule has 2 heterocycles. The number of hydrogen-bond donors (Lipinski definition) is 1. The Morgan fingerprint density at radius 3 is 2.73 bits per heavy atom. The molecule has 2 atom stereocenters. The fourth-order valence-corrected chi connectivity index (χ4v) is 2.72. The first-order valence-corrected chi connectivity index (χ1v) is 8.06. The van der Waals surface area contributed by atoms with Gasteiger partial charge in [-0.15, -0.1) is 0 Å². The maximum absolute atomic E-state index is 14.3. The highest BCUT2D eigenvalue weighted by molar-refractivity contribution is 5.68. The second kappa shape index (κ2) is 7.14.